The van der Waals surface area contributed by atoms with E-state index in [9.17, 15) is 30.3 Å². The minimum absolute atomic E-state index is 0.0120. The quantitative estimate of drug-likeness (QED) is 0.0801. The molecule has 18 atom stereocenters. The number of rotatable bonds is 18. The fourth-order valence-electron chi connectivity index (χ4n) is 12.5. The number of esters is 1. The molecule has 3 saturated heterocycles. The molecule has 0 saturated carbocycles. The van der Waals surface area contributed by atoms with E-state index in [0.29, 0.717) is 38.9 Å². The number of nitrogens with zero attached hydrogens (tertiary/aromatic N) is 8. The first-order valence-corrected chi connectivity index (χ1v) is 29.0. The predicted octanol–water partition coefficient (Wildman–Crippen LogP) is 5.23. The van der Waals surface area contributed by atoms with Crippen molar-refractivity contribution in [3.8, 4) is 17.0 Å². The van der Waals surface area contributed by atoms with E-state index < -0.39 is 89.9 Å². The zero-order valence-electron chi connectivity index (χ0n) is 50.3. The van der Waals surface area contributed by atoms with Gasteiger partial charge in [-0.25, -0.2) is 9.36 Å². The number of hydrogen-bond donors (Lipinski definition) is 5. The Balaban J connectivity index is 1.05. The summed E-state index contributed by atoms with van der Waals surface area (Å²) in [5.74, 6) is -1.74. The lowest BCUT2D eigenvalue weighted by atomic mass is 9.77. The summed E-state index contributed by atoms with van der Waals surface area (Å²) in [4.78, 5) is 18.8. The minimum Gasteiger partial charge on any atom is -0.497 e. The highest BCUT2D eigenvalue weighted by Gasteiger charge is 2.52. The van der Waals surface area contributed by atoms with Gasteiger partial charge in [-0.1, -0.05) is 67.6 Å². The van der Waals surface area contributed by atoms with Crippen LogP contribution >= 0.6 is 0 Å². The molecular weight excluding hydrogens is 1040 g/mol. The van der Waals surface area contributed by atoms with Gasteiger partial charge >= 0.3 is 5.97 Å². The van der Waals surface area contributed by atoms with Gasteiger partial charge in [-0.05, 0) is 117 Å². The molecule has 21 heteroatoms. The number of aliphatic hydroxyl groups excluding tert-OH is 3. The SMILES string of the molecule is CC[C@H]1OC(=O)[C@H](C)[C@@H](O[C@H]2C[C@@](C)(OC)[C@@H](O)[C@H](C)O2)[C@H](C)[C@@H](O[C@H]2C[C@@H](N(C)CCc3cn([C@H](CO)Cc4ccc(-c5cn(Cc6ccc(OC)cc6)nn5)cc4)nn3)C[C@@H](C)O2)[C@](C)(O)C[C@@H](C)CN(C)[C@H](C)[C@@H](O)[C@]1(C)O. The highest BCUT2D eigenvalue weighted by molar-refractivity contribution is 5.73. The van der Waals surface area contributed by atoms with E-state index in [1.807, 2.05) is 101 Å². The molecule has 0 bridgehead atoms. The molecular formula is C60H94N8O13. The number of benzene rings is 2. The molecule has 3 aliphatic heterocycles. The summed E-state index contributed by atoms with van der Waals surface area (Å²) in [7, 11) is 7.11. The molecule has 0 amide bonds. The number of cyclic esters (lactones) is 1. The normalized spacial score (nSPS) is 35.5. The van der Waals surface area contributed by atoms with Crippen LogP contribution in [0.2, 0.25) is 0 Å². The van der Waals surface area contributed by atoms with Crippen LogP contribution in [0.15, 0.2) is 60.9 Å². The van der Waals surface area contributed by atoms with Crippen LogP contribution in [0.1, 0.15) is 124 Å². The third-order valence-electron chi connectivity index (χ3n) is 17.7. The minimum atomic E-state index is -1.82. The van der Waals surface area contributed by atoms with E-state index in [1.165, 1.54) is 14.0 Å². The molecule has 2 aromatic heterocycles. The molecule has 3 aliphatic rings. The molecule has 21 nitrogen and oxygen atoms in total. The Bertz CT molecular complexity index is 2580. The summed E-state index contributed by atoms with van der Waals surface area (Å²) in [5, 5.41) is 75.9. The van der Waals surface area contributed by atoms with Gasteiger partial charge in [-0.15, -0.1) is 10.2 Å². The van der Waals surface area contributed by atoms with Gasteiger partial charge < -0.3 is 68.5 Å². The Morgan fingerprint density at radius 2 is 1.54 bits per heavy atom. The highest BCUT2D eigenvalue weighted by atomic mass is 16.7. The Labute approximate surface area is 479 Å². The molecule has 2 aromatic carbocycles. The van der Waals surface area contributed by atoms with E-state index in [2.05, 4.69) is 32.6 Å². The third-order valence-corrected chi connectivity index (χ3v) is 17.7. The smallest absolute Gasteiger partial charge is 0.311 e. The molecule has 81 heavy (non-hydrogen) atoms. The Morgan fingerprint density at radius 3 is 2.20 bits per heavy atom. The molecule has 5 heterocycles. The average molecular weight is 1140 g/mol. The number of hydrogen-bond acceptors (Lipinski definition) is 19. The van der Waals surface area contributed by atoms with E-state index in [-0.39, 0.29) is 50.0 Å². The van der Waals surface area contributed by atoms with Crippen LogP contribution in [0.5, 0.6) is 5.75 Å². The van der Waals surface area contributed by atoms with Crippen molar-refractivity contribution in [3.63, 3.8) is 0 Å². The molecule has 0 radical (unpaired) electrons. The summed E-state index contributed by atoms with van der Waals surface area (Å²) in [5.41, 5.74) is 0.211. The van der Waals surface area contributed by atoms with E-state index >= 15 is 0 Å². The molecule has 452 valence electrons. The van der Waals surface area contributed by atoms with Gasteiger partial charge in [0.2, 0.25) is 0 Å². The number of carbonyl (C=O) groups excluding carboxylic acids is 1. The molecule has 0 spiro atoms. The fourth-order valence-corrected chi connectivity index (χ4v) is 12.5. The summed E-state index contributed by atoms with van der Waals surface area (Å²) in [6, 6.07) is 15.1. The molecule has 3 fully saturated rings. The first-order valence-electron chi connectivity index (χ1n) is 29.0. The van der Waals surface area contributed by atoms with Crippen molar-refractivity contribution in [1.29, 1.82) is 0 Å². The molecule has 5 N–H and O–H groups in total. The standard InChI is InChI=1S/C60H94N8O13/c1-15-50-60(10,74)54(70)40(6)66(12)31-36(2)29-58(8,73)56(38(4)53(39(5)57(72)79-50)80-52-30-59(9,76-14)55(71)41(7)78-52)81-51-28-46(26-37(3)77-51)65(11)25-24-45-33-68(64-61-45)47(35-69)27-42-16-20-44(21-17-42)49-34-67(63-62-49)32-43-18-22-48(75-13)23-19-43/h16-23,33-34,36-41,46-47,50-56,69-71,73-74H,15,24-32,35H2,1-14H3/t36-,37-,38+,39-,40-,41+,46+,47+,50-,51+,52+,53+,54-,55+,56-,58-,59-,60-/m1/s1. The summed E-state index contributed by atoms with van der Waals surface area (Å²) in [6.45, 7) is 19.6. The van der Waals surface area contributed by atoms with Crippen molar-refractivity contribution in [1.82, 2.24) is 39.8 Å². The zero-order chi connectivity index (χ0) is 59.1. The van der Waals surface area contributed by atoms with Crippen molar-refractivity contribution >= 4 is 5.97 Å². The van der Waals surface area contributed by atoms with Crippen LogP contribution in [-0.4, -0.2) is 203 Å². The number of aromatic nitrogens is 6. The second-order valence-corrected chi connectivity index (χ2v) is 24.4. The number of likely N-dealkylation sites (N-methyl/N-ethyl adjacent to an activating group) is 2. The predicted molar refractivity (Wildman–Crippen MR) is 303 cm³/mol. The van der Waals surface area contributed by atoms with E-state index in [4.69, 9.17) is 33.2 Å². The van der Waals surface area contributed by atoms with Gasteiger partial charge in [-0.2, -0.15) is 0 Å². The second kappa shape index (κ2) is 27.5. The van der Waals surface area contributed by atoms with Crippen LogP contribution in [0, 0.1) is 17.8 Å². The molecule has 4 aromatic rings. The Morgan fingerprint density at radius 1 is 0.852 bits per heavy atom. The Kier molecular flexibility index (Phi) is 21.7. The van der Waals surface area contributed by atoms with Gasteiger partial charge in [0, 0.05) is 69.2 Å². The third kappa shape index (κ3) is 15.6. The van der Waals surface area contributed by atoms with Crippen molar-refractivity contribution in [3.05, 3.63) is 77.7 Å². The van der Waals surface area contributed by atoms with Crippen molar-refractivity contribution in [2.75, 3.05) is 48.0 Å². The van der Waals surface area contributed by atoms with Crippen molar-refractivity contribution < 1.29 is 63.5 Å². The lowest BCUT2D eigenvalue weighted by molar-refractivity contribution is -0.308. The summed E-state index contributed by atoms with van der Waals surface area (Å²) >= 11 is 0. The molecule has 0 unspecified atom stereocenters. The first-order chi connectivity index (χ1) is 38.3. The number of aliphatic hydroxyl groups is 5. The van der Waals surface area contributed by atoms with Crippen LogP contribution in [0.25, 0.3) is 11.3 Å². The highest BCUT2D eigenvalue weighted by Crippen LogP contribution is 2.40. The summed E-state index contributed by atoms with van der Waals surface area (Å²) in [6.07, 6.45) is -1.16. The molecule has 0 aliphatic carbocycles. The van der Waals surface area contributed by atoms with Gasteiger partial charge in [0.1, 0.15) is 35.4 Å². The zero-order valence-corrected chi connectivity index (χ0v) is 50.3. The van der Waals surface area contributed by atoms with Crippen LogP contribution in [0.3, 0.4) is 0 Å². The van der Waals surface area contributed by atoms with Gasteiger partial charge in [-0.3, -0.25) is 4.79 Å². The van der Waals surface area contributed by atoms with Crippen LogP contribution in [-0.2, 0) is 52.6 Å². The topological polar surface area (TPSA) is 251 Å². The van der Waals surface area contributed by atoms with Gasteiger partial charge in [0.15, 0.2) is 12.6 Å². The van der Waals surface area contributed by atoms with Crippen LogP contribution < -0.4 is 4.74 Å². The maximum absolute atomic E-state index is 14.5. The number of carbonyl (C=O) groups is 1. The first kappa shape index (κ1) is 64.1. The monoisotopic (exact) mass is 1130 g/mol. The molecule has 7 rings (SSSR count). The number of ether oxygens (including phenoxy) is 7. The maximum Gasteiger partial charge on any atom is 0.311 e. The maximum atomic E-state index is 14.5. The Hall–Kier alpha value is -4.49. The largest absolute Gasteiger partial charge is 0.497 e. The lowest BCUT2D eigenvalue weighted by Gasteiger charge is -2.48. The second-order valence-electron chi connectivity index (χ2n) is 24.4. The van der Waals surface area contributed by atoms with Gasteiger partial charge in [0.25, 0.3) is 0 Å². The van der Waals surface area contributed by atoms with Crippen LogP contribution in [0.4, 0.5) is 0 Å². The van der Waals surface area contributed by atoms with E-state index in [0.717, 1.165) is 40.2 Å². The van der Waals surface area contributed by atoms with Crippen molar-refractivity contribution in [2.24, 2.45) is 17.8 Å². The fraction of sp³-hybridized carbons (Fsp3) is 0.717. The average Bonchev–Trinajstić information content (AvgIpc) is 4.27. The van der Waals surface area contributed by atoms with Gasteiger partial charge in [0.05, 0.1) is 79.7 Å². The van der Waals surface area contributed by atoms with E-state index in [1.54, 1.807) is 51.1 Å². The summed E-state index contributed by atoms with van der Waals surface area (Å²) < 4.78 is 47.6. The lowest BCUT2D eigenvalue weighted by Crippen LogP contribution is -2.59. The number of methoxy groups -OCH3 is 2. The van der Waals surface area contributed by atoms with Crippen molar-refractivity contribution in [2.45, 2.75) is 211 Å².